The summed E-state index contributed by atoms with van der Waals surface area (Å²) in [6.07, 6.45) is 4.44. The summed E-state index contributed by atoms with van der Waals surface area (Å²) in [6.45, 7) is 8.09. The van der Waals surface area contributed by atoms with Crippen molar-refractivity contribution in [2.24, 2.45) is 5.92 Å². The molecule has 0 saturated carbocycles. The minimum absolute atomic E-state index is 0.0403. The molecule has 0 aliphatic carbocycles. The molecule has 2 aromatic carbocycles. The van der Waals surface area contributed by atoms with Crippen molar-refractivity contribution in [3.8, 4) is 5.75 Å². The van der Waals surface area contributed by atoms with Gasteiger partial charge in [-0.25, -0.2) is 9.59 Å². The molecule has 0 bridgehead atoms. The van der Waals surface area contributed by atoms with Crippen molar-refractivity contribution in [3.63, 3.8) is 0 Å². The highest BCUT2D eigenvalue weighted by molar-refractivity contribution is 9.10. The molecule has 0 spiro atoms. The predicted octanol–water partition coefficient (Wildman–Crippen LogP) is 4.06. The summed E-state index contributed by atoms with van der Waals surface area (Å²) >= 11 is 3.33. The van der Waals surface area contributed by atoms with E-state index in [-0.39, 0.29) is 35.7 Å². The van der Waals surface area contributed by atoms with Gasteiger partial charge in [0.25, 0.3) is 10.2 Å². The Hall–Kier alpha value is -3.44. The molecule has 4 heterocycles. The zero-order valence-electron chi connectivity index (χ0n) is 31.2. The molecule has 53 heavy (non-hydrogen) atoms. The first-order valence-corrected chi connectivity index (χ1v) is 20.6. The third kappa shape index (κ3) is 10.2. The Kier molecular flexibility index (Phi) is 14.0. The van der Waals surface area contributed by atoms with Gasteiger partial charge in [0.2, 0.25) is 5.91 Å². The number of carbonyl (C=O) groups is 3. The van der Waals surface area contributed by atoms with E-state index < -0.39 is 10.2 Å². The van der Waals surface area contributed by atoms with Gasteiger partial charge in [0.05, 0.1) is 11.6 Å². The van der Waals surface area contributed by atoms with Crippen molar-refractivity contribution < 1.29 is 32.6 Å². The molecule has 4 aliphatic heterocycles. The van der Waals surface area contributed by atoms with Gasteiger partial charge in [-0.05, 0) is 83.8 Å². The molecule has 14 nitrogen and oxygen atoms in total. The number of nitrogens with zero attached hydrogens (tertiary/aromatic N) is 6. The number of fused-ring (bicyclic) bond motifs is 1. The molecule has 292 valence electrons. The van der Waals surface area contributed by atoms with E-state index in [1.54, 1.807) is 29.4 Å². The fraction of sp³-hybridized carbons (Fsp3) is 0.595. The third-order valence-corrected chi connectivity index (χ3v) is 13.4. The van der Waals surface area contributed by atoms with Gasteiger partial charge >= 0.3 is 12.1 Å². The van der Waals surface area contributed by atoms with E-state index in [1.807, 2.05) is 47.1 Å². The second kappa shape index (κ2) is 18.3. The summed E-state index contributed by atoms with van der Waals surface area (Å²) in [7, 11) is 1.20. The van der Waals surface area contributed by atoms with Crippen LogP contribution in [-0.2, 0) is 32.6 Å². The number of amides is 4. The topological polar surface area (TPSA) is 146 Å². The number of phenolic OH excluding ortho intramolecular Hbond substituents is 1. The number of likely N-dealkylation sites (tertiary alicyclic amines) is 1. The van der Waals surface area contributed by atoms with E-state index in [2.05, 4.69) is 32.2 Å². The van der Waals surface area contributed by atoms with Crippen molar-refractivity contribution in [2.75, 3.05) is 85.4 Å². The highest BCUT2D eigenvalue weighted by Crippen LogP contribution is 2.27. The minimum atomic E-state index is -3.34. The molecular formula is C37H54BrN7O7S. The van der Waals surface area contributed by atoms with Crippen molar-refractivity contribution in [1.82, 2.24) is 28.2 Å². The highest BCUT2D eigenvalue weighted by atomic mass is 79.9. The van der Waals surface area contributed by atoms with E-state index in [9.17, 15) is 27.9 Å². The van der Waals surface area contributed by atoms with Crippen LogP contribution in [0.15, 0.2) is 46.9 Å². The van der Waals surface area contributed by atoms with E-state index in [0.717, 1.165) is 56.4 Å². The summed E-state index contributed by atoms with van der Waals surface area (Å²) in [5.74, 6) is 0.238. The molecule has 0 radical (unpaired) electrons. The molecule has 3 saturated heterocycles. The van der Waals surface area contributed by atoms with Crippen molar-refractivity contribution in [3.05, 3.63) is 58.1 Å². The minimum Gasteiger partial charge on any atom is -0.507 e. The molecule has 3 fully saturated rings. The zero-order chi connectivity index (χ0) is 38.3. The Morgan fingerprint density at radius 3 is 2.19 bits per heavy atom. The van der Waals surface area contributed by atoms with Gasteiger partial charge in [-0.15, -0.1) is 0 Å². The Bertz CT molecular complexity index is 1690. The van der Waals surface area contributed by atoms with Crippen LogP contribution in [0.25, 0.3) is 0 Å². The number of phenols is 1. The Morgan fingerprint density at radius 2 is 1.57 bits per heavy atom. The highest BCUT2D eigenvalue weighted by Gasteiger charge is 2.35. The van der Waals surface area contributed by atoms with Crippen LogP contribution < -0.4 is 5.32 Å². The summed E-state index contributed by atoms with van der Waals surface area (Å²) < 4.78 is 32.8. The first kappa shape index (κ1) is 40.7. The number of hydrogen-bond acceptors (Lipinski definition) is 8. The lowest BCUT2D eigenvalue weighted by Gasteiger charge is -2.43. The number of urea groups is 1. The van der Waals surface area contributed by atoms with Gasteiger partial charge in [0.15, 0.2) is 0 Å². The maximum Gasteiger partial charge on any atom is 0.409 e. The lowest BCUT2D eigenvalue weighted by atomic mass is 9.99. The second-order valence-corrected chi connectivity index (χ2v) is 17.4. The smallest absolute Gasteiger partial charge is 0.409 e. The second-order valence-electron chi connectivity index (χ2n) is 14.4. The lowest BCUT2D eigenvalue weighted by molar-refractivity contribution is -0.137. The number of benzene rings is 2. The number of methoxy groups -OCH3 is 1. The van der Waals surface area contributed by atoms with E-state index in [0.29, 0.717) is 62.7 Å². The number of nitrogens with one attached hydrogen (secondary N) is 1. The van der Waals surface area contributed by atoms with Crippen LogP contribution in [0.2, 0.25) is 0 Å². The Morgan fingerprint density at radius 1 is 0.925 bits per heavy atom. The van der Waals surface area contributed by atoms with Gasteiger partial charge in [-0.2, -0.15) is 17.0 Å². The summed E-state index contributed by atoms with van der Waals surface area (Å²) in [6, 6.07) is 13.8. The van der Waals surface area contributed by atoms with Crippen LogP contribution in [0.1, 0.15) is 43.7 Å². The average Bonchev–Trinajstić information content (AvgIpc) is 3.34. The van der Waals surface area contributed by atoms with E-state index >= 15 is 0 Å². The van der Waals surface area contributed by atoms with Crippen LogP contribution in [0.5, 0.6) is 5.75 Å². The summed E-state index contributed by atoms with van der Waals surface area (Å²) in [5.41, 5.74) is 3.09. The quantitative estimate of drug-likeness (QED) is 0.426. The fourth-order valence-corrected chi connectivity index (χ4v) is 9.19. The first-order chi connectivity index (χ1) is 25.3. The molecule has 1 atom stereocenters. The molecule has 4 amide bonds. The molecule has 2 N–H and O–H groups in total. The predicted molar refractivity (Wildman–Crippen MR) is 207 cm³/mol. The lowest BCUT2D eigenvalue weighted by Crippen LogP contribution is -2.56. The number of halogens is 1. The van der Waals surface area contributed by atoms with Gasteiger partial charge in [-0.1, -0.05) is 31.2 Å². The third-order valence-electron chi connectivity index (χ3n) is 10.8. The number of piperazine rings is 1. The average molecular weight is 821 g/mol. The first-order valence-electron chi connectivity index (χ1n) is 18.4. The number of piperidine rings is 2. The molecule has 0 aromatic heterocycles. The molecule has 6 rings (SSSR count). The van der Waals surface area contributed by atoms with E-state index in [1.165, 1.54) is 17.0 Å². The van der Waals surface area contributed by atoms with Crippen molar-refractivity contribution >= 4 is 49.9 Å². The normalized spacial score (nSPS) is 20.2. The monoisotopic (exact) mass is 819 g/mol. The van der Waals surface area contributed by atoms with Crippen LogP contribution in [0.3, 0.4) is 0 Å². The zero-order valence-corrected chi connectivity index (χ0v) is 33.6. The molecule has 16 heteroatoms. The standard InChI is InChI=1S/C21H33BrN4O4S.C16H21N3O3/c1-16(14-17-4-5-20(27)19(22)15-17)21(28)25-12-10-24(11-13-25)18-6-8-26(9-7-18)31(29,30)23(2)3;1-22-16(21)18-9-7-13(8-10-18)19-11-6-12-4-2-3-5-14(12)17-15(19)20/h4-5,15-16,18,27H,6-14H2,1-3H3;2-5,13H,6-11H2,1H3,(H,17,20)/t16-;/m1./s1. The van der Waals surface area contributed by atoms with Crippen molar-refractivity contribution in [2.45, 2.75) is 57.5 Å². The number of ether oxygens (including phenoxy) is 1. The van der Waals surface area contributed by atoms with Gasteiger partial charge < -0.3 is 29.9 Å². The van der Waals surface area contributed by atoms with E-state index in [4.69, 9.17) is 4.74 Å². The van der Waals surface area contributed by atoms with Crippen LogP contribution >= 0.6 is 15.9 Å². The molecular weight excluding hydrogens is 766 g/mol. The van der Waals surface area contributed by atoms with Crippen LogP contribution in [-0.4, -0.2) is 152 Å². The number of hydrogen-bond donors (Lipinski definition) is 2. The maximum absolute atomic E-state index is 12.9. The summed E-state index contributed by atoms with van der Waals surface area (Å²) in [5, 5.41) is 12.6. The maximum atomic E-state index is 12.9. The van der Waals surface area contributed by atoms with Gasteiger partial charge in [0, 0.05) is 96.7 Å². The molecule has 2 aromatic rings. The van der Waals surface area contributed by atoms with Crippen LogP contribution in [0, 0.1) is 5.92 Å². The number of rotatable bonds is 7. The Balaban J connectivity index is 0.000000216. The van der Waals surface area contributed by atoms with Crippen molar-refractivity contribution in [1.29, 1.82) is 0 Å². The number of anilines is 1. The number of aromatic hydroxyl groups is 1. The molecule has 4 aliphatic rings. The SMILES string of the molecule is COC(=O)N1CCC(N2CCc3ccccc3NC2=O)CC1.C[C@H](Cc1ccc(O)c(Br)c1)C(=O)N1CCN(C2CCN(S(=O)(=O)N(C)C)CC2)CC1. The molecule has 0 unspecified atom stereocenters. The number of carbonyl (C=O) groups excluding carboxylic acids is 3. The fourth-order valence-electron chi connectivity index (χ4n) is 7.63. The van der Waals surface area contributed by atoms with Gasteiger partial charge in [0.1, 0.15) is 5.75 Å². The van der Waals surface area contributed by atoms with Crippen LogP contribution in [0.4, 0.5) is 15.3 Å². The summed E-state index contributed by atoms with van der Waals surface area (Å²) in [4.78, 5) is 44.9. The largest absolute Gasteiger partial charge is 0.507 e. The Labute approximate surface area is 322 Å². The van der Waals surface area contributed by atoms with Gasteiger partial charge in [-0.3, -0.25) is 9.69 Å². The number of para-hydroxylation sites is 1.